The van der Waals surface area contributed by atoms with Gasteiger partial charge in [-0.3, -0.25) is 9.36 Å². The first-order valence-electron chi connectivity index (χ1n) is 9.94. The van der Waals surface area contributed by atoms with Gasteiger partial charge in [0.25, 0.3) is 5.56 Å². The Labute approximate surface area is 184 Å². The van der Waals surface area contributed by atoms with Crippen molar-refractivity contribution in [2.75, 3.05) is 11.1 Å². The number of nitrogens with two attached hydrogens (primary N) is 1. The van der Waals surface area contributed by atoms with Crippen LogP contribution < -0.4 is 16.6 Å². The largest absolute Gasteiger partial charge is 0.368 e. The summed E-state index contributed by atoms with van der Waals surface area (Å²) in [7, 11) is 0. The van der Waals surface area contributed by atoms with Gasteiger partial charge in [0.1, 0.15) is 5.82 Å². The summed E-state index contributed by atoms with van der Waals surface area (Å²) in [6.07, 6.45) is 0. The zero-order chi connectivity index (χ0) is 22.0. The SMILES string of the molecule is CC(C)n1c(S[C@H](C)c2nc(N)nc(Nc3ccccc3)n2)nc2ccccc2c1=O. The zero-order valence-corrected chi connectivity index (χ0v) is 18.3. The molecule has 0 bridgehead atoms. The van der Waals surface area contributed by atoms with Gasteiger partial charge < -0.3 is 11.1 Å². The molecule has 1 atom stereocenters. The number of nitrogens with zero attached hydrogens (tertiary/aromatic N) is 5. The van der Waals surface area contributed by atoms with E-state index < -0.39 is 0 Å². The predicted octanol–water partition coefficient (Wildman–Crippen LogP) is 4.34. The fourth-order valence-electron chi connectivity index (χ4n) is 3.17. The highest BCUT2D eigenvalue weighted by atomic mass is 32.2. The molecule has 0 saturated carbocycles. The maximum Gasteiger partial charge on any atom is 0.262 e. The topological polar surface area (TPSA) is 112 Å². The van der Waals surface area contributed by atoms with Gasteiger partial charge in [-0.1, -0.05) is 42.1 Å². The van der Waals surface area contributed by atoms with Gasteiger partial charge in [0.15, 0.2) is 5.16 Å². The Balaban J connectivity index is 1.68. The molecule has 3 N–H and O–H groups in total. The summed E-state index contributed by atoms with van der Waals surface area (Å²) in [6.45, 7) is 5.89. The van der Waals surface area contributed by atoms with Crippen molar-refractivity contribution in [3.05, 3.63) is 70.8 Å². The highest BCUT2D eigenvalue weighted by Crippen LogP contribution is 2.33. The standard InChI is InChI=1S/C22H23N7OS/c1-13(2)29-19(30)16-11-7-8-12-17(16)25-22(29)31-14(3)18-26-20(23)28-21(27-18)24-15-9-5-4-6-10-15/h4-14H,1-3H3,(H3,23,24,26,27,28)/t14-/m1/s1. The quantitative estimate of drug-likeness (QED) is 0.341. The summed E-state index contributed by atoms with van der Waals surface area (Å²) >= 11 is 1.42. The lowest BCUT2D eigenvalue weighted by Crippen LogP contribution is -2.25. The maximum atomic E-state index is 13.1. The van der Waals surface area contributed by atoms with Gasteiger partial charge in [0.2, 0.25) is 11.9 Å². The minimum absolute atomic E-state index is 0.0435. The van der Waals surface area contributed by atoms with Crippen LogP contribution in [-0.2, 0) is 0 Å². The highest BCUT2D eigenvalue weighted by molar-refractivity contribution is 7.99. The van der Waals surface area contributed by atoms with E-state index in [2.05, 4.69) is 20.3 Å². The molecular weight excluding hydrogens is 410 g/mol. The number of hydrogen-bond acceptors (Lipinski definition) is 8. The molecule has 2 heterocycles. The van der Waals surface area contributed by atoms with E-state index in [-0.39, 0.29) is 22.8 Å². The lowest BCUT2D eigenvalue weighted by Gasteiger charge is -2.18. The smallest absolute Gasteiger partial charge is 0.262 e. The van der Waals surface area contributed by atoms with Crippen LogP contribution in [0, 0.1) is 0 Å². The number of nitrogens with one attached hydrogen (secondary N) is 1. The number of thioether (sulfide) groups is 1. The third-order valence-electron chi connectivity index (χ3n) is 4.64. The number of fused-ring (bicyclic) bond motifs is 1. The lowest BCUT2D eigenvalue weighted by atomic mass is 10.2. The average Bonchev–Trinajstić information content (AvgIpc) is 2.74. The molecule has 0 fully saturated rings. The van der Waals surface area contributed by atoms with Crippen molar-refractivity contribution in [2.24, 2.45) is 0 Å². The lowest BCUT2D eigenvalue weighted by molar-refractivity contribution is 0.518. The second kappa shape index (κ2) is 8.73. The fourth-order valence-corrected chi connectivity index (χ4v) is 4.26. The molecule has 0 saturated heterocycles. The van der Waals surface area contributed by atoms with Crippen molar-refractivity contribution in [1.82, 2.24) is 24.5 Å². The van der Waals surface area contributed by atoms with Crippen molar-refractivity contribution in [3.8, 4) is 0 Å². The van der Waals surface area contributed by atoms with Gasteiger partial charge in [0.05, 0.1) is 16.2 Å². The molecule has 0 radical (unpaired) electrons. The van der Waals surface area contributed by atoms with E-state index in [1.807, 2.05) is 69.3 Å². The van der Waals surface area contributed by atoms with E-state index in [4.69, 9.17) is 10.7 Å². The van der Waals surface area contributed by atoms with Crippen molar-refractivity contribution in [2.45, 2.75) is 37.2 Å². The normalized spacial score (nSPS) is 12.3. The molecule has 158 valence electrons. The minimum Gasteiger partial charge on any atom is -0.368 e. The third kappa shape index (κ3) is 4.51. The van der Waals surface area contributed by atoms with Crippen LogP contribution in [0.15, 0.2) is 64.5 Å². The molecular formula is C22H23N7OS. The Kier molecular flexibility index (Phi) is 5.85. The monoisotopic (exact) mass is 433 g/mol. The summed E-state index contributed by atoms with van der Waals surface area (Å²) in [4.78, 5) is 30.8. The zero-order valence-electron chi connectivity index (χ0n) is 17.5. The van der Waals surface area contributed by atoms with E-state index in [1.165, 1.54) is 11.8 Å². The Morgan fingerprint density at radius 2 is 1.65 bits per heavy atom. The van der Waals surface area contributed by atoms with Crippen LogP contribution in [0.1, 0.15) is 37.9 Å². The molecule has 31 heavy (non-hydrogen) atoms. The van der Waals surface area contributed by atoms with E-state index in [0.29, 0.717) is 27.8 Å². The van der Waals surface area contributed by atoms with Gasteiger partial charge >= 0.3 is 0 Å². The van der Waals surface area contributed by atoms with E-state index in [0.717, 1.165) is 5.69 Å². The number of nitrogen functional groups attached to an aromatic ring is 1. The summed E-state index contributed by atoms with van der Waals surface area (Å²) < 4.78 is 1.71. The number of benzene rings is 2. The molecule has 2 aromatic carbocycles. The maximum absolute atomic E-state index is 13.1. The molecule has 4 rings (SSSR count). The molecule has 2 aromatic heterocycles. The number of rotatable bonds is 6. The highest BCUT2D eigenvalue weighted by Gasteiger charge is 2.20. The molecule has 0 aliphatic heterocycles. The van der Waals surface area contributed by atoms with Gasteiger partial charge in [-0.25, -0.2) is 4.98 Å². The molecule has 0 unspecified atom stereocenters. The predicted molar refractivity (Wildman–Crippen MR) is 125 cm³/mol. The van der Waals surface area contributed by atoms with Crippen LogP contribution in [-0.4, -0.2) is 24.5 Å². The van der Waals surface area contributed by atoms with Gasteiger partial charge in [0, 0.05) is 11.7 Å². The Morgan fingerprint density at radius 3 is 2.39 bits per heavy atom. The summed E-state index contributed by atoms with van der Waals surface area (Å²) in [5.74, 6) is 1.01. The van der Waals surface area contributed by atoms with Crippen LogP contribution in [0.25, 0.3) is 10.9 Å². The fraction of sp³-hybridized carbons (Fsp3) is 0.227. The van der Waals surface area contributed by atoms with Gasteiger partial charge in [-0.2, -0.15) is 15.0 Å². The van der Waals surface area contributed by atoms with Crippen molar-refractivity contribution in [3.63, 3.8) is 0 Å². The van der Waals surface area contributed by atoms with Gasteiger partial charge in [-0.05, 0) is 45.0 Å². The van der Waals surface area contributed by atoms with Crippen molar-refractivity contribution < 1.29 is 0 Å². The van der Waals surface area contributed by atoms with Crippen molar-refractivity contribution >= 4 is 40.2 Å². The summed E-state index contributed by atoms with van der Waals surface area (Å²) in [6, 6.07) is 16.9. The van der Waals surface area contributed by atoms with E-state index in [1.54, 1.807) is 10.6 Å². The van der Waals surface area contributed by atoms with Crippen LogP contribution in [0.5, 0.6) is 0 Å². The Morgan fingerprint density at radius 1 is 0.935 bits per heavy atom. The Bertz CT molecular complexity index is 1270. The van der Waals surface area contributed by atoms with Crippen LogP contribution in [0.3, 0.4) is 0 Å². The molecule has 0 amide bonds. The molecule has 0 aliphatic rings. The third-order valence-corrected chi connectivity index (χ3v) is 5.70. The molecule has 4 aromatic rings. The first-order valence-corrected chi connectivity index (χ1v) is 10.8. The number of aromatic nitrogens is 5. The average molecular weight is 434 g/mol. The van der Waals surface area contributed by atoms with Crippen LogP contribution in [0.2, 0.25) is 0 Å². The first-order chi connectivity index (χ1) is 14.9. The second-order valence-corrected chi connectivity index (χ2v) is 8.61. The van der Waals surface area contributed by atoms with Crippen molar-refractivity contribution in [1.29, 1.82) is 0 Å². The second-order valence-electron chi connectivity index (χ2n) is 7.31. The number of hydrogen-bond donors (Lipinski definition) is 2. The molecule has 8 nitrogen and oxygen atoms in total. The molecule has 0 aliphatic carbocycles. The summed E-state index contributed by atoms with van der Waals surface area (Å²) in [5.41, 5.74) is 7.40. The minimum atomic E-state index is -0.209. The van der Waals surface area contributed by atoms with E-state index >= 15 is 0 Å². The number of anilines is 3. The first kappa shape index (κ1) is 20.8. The summed E-state index contributed by atoms with van der Waals surface area (Å²) in [5, 5.41) is 4.15. The molecule has 9 heteroatoms. The Hall–Kier alpha value is -3.46. The molecule has 0 spiro atoms. The van der Waals surface area contributed by atoms with E-state index in [9.17, 15) is 4.79 Å². The van der Waals surface area contributed by atoms with Crippen LogP contribution in [0.4, 0.5) is 17.6 Å². The number of para-hydroxylation sites is 2. The van der Waals surface area contributed by atoms with Crippen LogP contribution >= 0.6 is 11.8 Å². The van der Waals surface area contributed by atoms with Gasteiger partial charge in [-0.15, -0.1) is 0 Å².